The molecule has 1 heterocycles. The van der Waals surface area contributed by atoms with Crippen molar-refractivity contribution in [3.63, 3.8) is 0 Å². The van der Waals surface area contributed by atoms with Crippen LogP contribution in [-0.2, 0) is 4.74 Å². The van der Waals surface area contributed by atoms with Gasteiger partial charge in [0.2, 0.25) is 0 Å². The number of anilines is 2. The van der Waals surface area contributed by atoms with Gasteiger partial charge in [0, 0.05) is 26.1 Å². The van der Waals surface area contributed by atoms with Gasteiger partial charge < -0.3 is 15.4 Å². The number of methoxy groups -OCH3 is 1. The second kappa shape index (κ2) is 4.74. The molecule has 1 unspecified atom stereocenters. The van der Waals surface area contributed by atoms with E-state index in [1.807, 2.05) is 12.1 Å². The summed E-state index contributed by atoms with van der Waals surface area (Å²) in [4.78, 5) is 2.38. The van der Waals surface area contributed by atoms with Crippen LogP contribution < -0.4 is 10.6 Å². The average molecular weight is 220 g/mol. The van der Waals surface area contributed by atoms with Crippen molar-refractivity contribution in [1.82, 2.24) is 0 Å². The highest BCUT2D eigenvalue weighted by Crippen LogP contribution is 2.31. The smallest absolute Gasteiger partial charge is 0.0629 e. The van der Waals surface area contributed by atoms with Crippen molar-refractivity contribution >= 4 is 11.4 Å². The molecular weight excluding hydrogens is 200 g/mol. The lowest BCUT2D eigenvalue weighted by atomic mass is 10.1. The largest absolute Gasteiger partial charge is 0.397 e. The zero-order chi connectivity index (χ0) is 11.5. The molecule has 1 atom stereocenters. The van der Waals surface area contributed by atoms with Crippen LogP contribution in [0, 0.1) is 12.8 Å². The summed E-state index contributed by atoms with van der Waals surface area (Å²) < 4.78 is 5.21. The first-order valence-corrected chi connectivity index (χ1v) is 5.81. The summed E-state index contributed by atoms with van der Waals surface area (Å²) in [6.45, 7) is 5.11. The third-order valence-electron chi connectivity index (χ3n) is 3.27. The monoisotopic (exact) mass is 220 g/mol. The number of hydrogen-bond donors (Lipinski definition) is 1. The second-order valence-corrected chi connectivity index (χ2v) is 4.57. The maximum atomic E-state index is 6.05. The first-order chi connectivity index (χ1) is 7.72. The molecule has 1 fully saturated rings. The van der Waals surface area contributed by atoms with Crippen LogP contribution in [0.15, 0.2) is 18.2 Å². The van der Waals surface area contributed by atoms with Gasteiger partial charge in [-0.1, -0.05) is 12.1 Å². The Labute approximate surface area is 97.2 Å². The zero-order valence-corrected chi connectivity index (χ0v) is 10.1. The predicted molar refractivity (Wildman–Crippen MR) is 67.8 cm³/mol. The maximum Gasteiger partial charge on any atom is 0.0629 e. The van der Waals surface area contributed by atoms with E-state index in [4.69, 9.17) is 10.5 Å². The normalized spacial score (nSPS) is 20.4. The summed E-state index contributed by atoms with van der Waals surface area (Å²) in [5.41, 5.74) is 9.41. The number of rotatable bonds is 3. The molecule has 2 rings (SSSR count). The van der Waals surface area contributed by atoms with Gasteiger partial charge in [0.05, 0.1) is 18.0 Å². The fourth-order valence-corrected chi connectivity index (χ4v) is 2.52. The zero-order valence-electron chi connectivity index (χ0n) is 10.1. The first-order valence-electron chi connectivity index (χ1n) is 5.81. The lowest BCUT2D eigenvalue weighted by Gasteiger charge is -2.22. The van der Waals surface area contributed by atoms with E-state index in [1.54, 1.807) is 7.11 Å². The molecule has 1 saturated heterocycles. The van der Waals surface area contributed by atoms with Gasteiger partial charge in [0.15, 0.2) is 0 Å². The number of aryl methyl sites for hydroxylation is 1. The van der Waals surface area contributed by atoms with Crippen molar-refractivity contribution in [2.45, 2.75) is 13.3 Å². The van der Waals surface area contributed by atoms with Gasteiger partial charge in [-0.05, 0) is 25.0 Å². The number of nitrogens with zero attached hydrogens (tertiary/aromatic N) is 1. The number of ether oxygens (including phenoxy) is 1. The van der Waals surface area contributed by atoms with Crippen LogP contribution in [0.1, 0.15) is 12.0 Å². The van der Waals surface area contributed by atoms with Crippen molar-refractivity contribution in [1.29, 1.82) is 0 Å². The Hall–Kier alpha value is -1.22. The van der Waals surface area contributed by atoms with E-state index in [1.165, 1.54) is 17.7 Å². The molecule has 1 aromatic carbocycles. The molecule has 0 saturated carbocycles. The summed E-state index contributed by atoms with van der Waals surface area (Å²) in [5, 5.41) is 0. The standard InChI is InChI=1S/C13H20N2O/c1-10-4-3-5-12(14)13(10)15-7-6-11(8-15)9-16-2/h3-5,11H,6-9,14H2,1-2H3. The molecule has 2 N–H and O–H groups in total. The van der Waals surface area contributed by atoms with Crippen LogP contribution >= 0.6 is 0 Å². The van der Waals surface area contributed by atoms with Crippen LogP contribution in [0.25, 0.3) is 0 Å². The van der Waals surface area contributed by atoms with Crippen molar-refractivity contribution in [2.75, 3.05) is 37.4 Å². The van der Waals surface area contributed by atoms with Crippen molar-refractivity contribution < 1.29 is 4.74 Å². The maximum absolute atomic E-state index is 6.05. The predicted octanol–water partition coefficient (Wildman–Crippen LogP) is 2.05. The SMILES string of the molecule is COCC1CCN(c2c(C)cccc2N)C1. The first kappa shape index (κ1) is 11.3. The van der Waals surface area contributed by atoms with E-state index < -0.39 is 0 Å². The van der Waals surface area contributed by atoms with Gasteiger partial charge in [0.1, 0.15) is 0 Å². The topological polar surface area (TPSA) is 38.5 Å². The highest BCUT2D eigenvalue weighted by atomic mass is 16.5. The van der Waals surface area contributed by atoms with Crippen LogP contribution in [0.3, 0.4) is 0 Å². The van der Waals surface area contributed by atoms with Crippen molar-refractivity contribution in [3.05, 3.63) is 23.8 Å². The average Bonchev–Trinajstić information content (AvgIpc) is 2.67. The number of nitrogens with two attached hydrogens (primary N) is 1. The highest BCUT2D eigenvalue weighted by Gasteiger charge is 2.24. The Morgan fingerprint density at radius 1 is 1.50 bits per heavy atom. The summed E-state index contributed by atoms with van der Waals surface area (Å²) in [5.74, 6) is 0.643. The van der Waals surface area contributed by atoms with Gasteiger partial charge in [-0.2, -0.15) is 0 Å². The molecule has 0 spiro atoms. The molecule has 0 aliphatic carbocycles. The summed E-state index contributed by atoms with van der Waals surface area (Å²) in [6, 6.07) is 6.11. The van der Waals surface area contributed by atoms with Gasteiger partial charge in [-0.15, -0.1) is 0 Å². The van der Waals surface area contributed by atoms with Crippen molar-refractivity contribution in [2.24, 2.45) is 5.92 Å². The number of para-hydroxylation sites is 1. The molecule has 16 heavy (non-hydrogen) atoms. The molecule has 0 bridgehead atoms. The fourth-order valence-electron chi connectivity index (χ4n) is 2.52. The van der Waals surface area contributed by atoms with E-state index in [-0.39, 0.29) is 0 Å². The van der Waals surface area contributed by atoms with E-state index in [0.717, 1.165) is 25.4 Å². The number of benzene rings is 1. The van der Waals surface area contributed by atoms with Gasteiger partial charge >= 0.3 is 0 Å². The highest BCUT2D eigenvalue weighted by molar-refractivity contribution is 5.71. The molecule has 0 aromatic heterocycles. The molecule has 1 aliphatic rings. The molecule has 3 heteroatoms. The second-order valence-electron chi connectivity index (χ2n) is 4.57. The van der Waals surface area contributed by atoms with Crippen LogP contribution in [0.2, 0.25) is 0 Å². The Bertz CT molecular complexity index is 345. The lowest BCUT2D eigenvalue weighted by molar-refractivity contribution is 0.161. The number of hydrogen-bond acceptors (Lipinski definition) is 3. The molecule has 0 radical (unpaired) electrons. The molecule has 0 amide bonds. The van der Waals surface area contributed by atoms with Gasteiger partial charge in [0.25, 0.3) is 0 Å². The summed E-state index contributed by atoms with van der Waals surface area (Å²) >= 11 is 0. The molecule has 3 nitrogen and oxygen atoms in total. The minimum Gasteiger partial charge on any atom is -0.397 e. The Morgan fingerprint density at radius 2 is 2.31 bits per heavy atom. The summed E-state index contributed by atoms with van der Waals surface area (Å²) in [6.07, 6.45) is 1.20. The fraction of sp³-hybridized carbons (Fsp3) is 0.538. The lowest BCUT2D eigenvalue weighted by Crippen LogP contribution is -2.22. The van der Waals surface area contributed by atoms with Gasteiger partial charge in [-0.25, -0.2) is 0 Å². The summed E-state index contributed by atoms with van der Waals surface area (Å²) in [7, 11) is 1.77. The van der Waals surface area contributed by atoms with E-state index in [9.17, 15) is 0 Å². The van der Waals surface area contributed by atoms with E-state index in [2.05, 4.69) is 17.9 Å². The molecule has 1 aliphatic heterocycles. The Morgan fingerprint density at radius 3 is 3.00 bits per heavy atom. The van der Waals surface area contributed by atoms with Crippen LogP contribution in [-0.4, -0.2) is 26.8 Å². The van der Waals surface area contributed by atoms with E-state index in [0.29, 0.717) is 5.92 Å². The third kappa shape index (κ3) is 2.14. The van der Waals surface area contributed by atoms with Crippen molar-refractivity contribution in [3.8, 4) is 0 Å². The van der Waals surface area contributed by atoms with Crippen LogP contribution in [0.5, 0.6) is 0 Å². The molecule has 88 valence electrons. The molecular formula is C13H20N2O. The van der Waals surface area contributed by atoms with Crippen LogP contribution in [0.4, 0.5) is 11.4 Å². The number of nitrogen functional groups attached to an aromatic ring is 1. The Kier molecular flexibility index (Phi) is 3.34. The Balaban J connectivity index is 2.14. The van der Waals surface area contributed by atoms with E-state index >= 15 is 0 Å². The quantitative estimate of drug-likeness (QED) is 0.792. The molecule has 1 aromatic rings. The minimum atomic E-state index is 0.643. The third-order valence-corrected chi connectivity index (χ3v) is 3.27. The van der Waals surface area contributed by atoms with Gasteiger partial charge in [-0.3, -0.25) is 0 Å². The minimum absolute atomic E-state index is 0.643.